The van der Waals surface area contributed by atoms with Gasteiger partial charge in [0, 0.05) is 43.2 Å². The van der Waals surface area contributed by atoms with Gasteiger partial charge in [-0.05, 0) is 37.3 Å². The summed E-state index contributed by atoms with van der Waals surface area (Å²) in [6, 6.07) is 9.78. The summed E-state index contributed by atoms with van der Waals surface area (Å²) in [6.07, 6.45) is 0. The third kappa shape index (κ3) is 2.84. The molecule has 1 N–H and O–H groups in total. The molecule has 0 saturated heterocycles. The lowest BCUT2D eigenvalue weighted by molar-refractivity contribution is -0.137. The minimum atomic E-state index is -3.60. The maximum atomic E-state index is 12.6. The number of carboxylic acids is 1. The topological polar surface area (TPSA) is 76.4 Å². The molecule has 0 fully saturated rings. The Bertz CT molecular complexity index is 1270. The highest BCUT2D eigenvalue weighted by Gasteiger charge is 2.31. The lowest BCUT2D eigenvalue weighted by Crippen LogP contribution is -2.10. The smallest absolute Gasteiger partial charge is 0.323 e. The van der Waals surface area contributed by atoms with Gasteiger partial charge >= 0.3 is 5.97 Å². The Morgan fingerprint density at radius 3 is 2.48 bits per heavy atom. The molecular weight excluding hydrogens is 409 g/mol. The summed E-state index contributed by atoms with van der Waals surface area (Å²) >= 11 is 12.2. The lowest BCUT2D eigenvalue weighted by Gasteiger charge is -2.08. The molecule has 5 nitrogen and oxygen atoms in total. The van der Waals surface area contributed by atoms with E-state index in [1.54, 1.807) is 35.8 Å². The van der Waals surface area contributed by atoms with E-state index in [1.165, 1.54) is 17.5 Å². The Morgan fingerprint density at radius 1 is 1.11 bits per heavy atom. The van der Waals surface area contributed by atoms with Gasteiger partial charge in [0.15, 0.2) is 0 Å². The Labute approximate surface area is 165 Å². The number of carbonyl (C=O) groups is 1. The number of rotatable bonds is 3. The fraction of sp³-hybridized carbons (Fsp3) is 0.105. The van der Waals surface area contributed by atoms with Gasteiger partial charge in [-0.3, -0.25) is 4.79 Å². The predicted octanol–water partition coefficient (Wildman–Crippen LogP) is 4.52. The molecule has 8 heteroatoms. The first-order valence-corrected chi connectivity index (χ1v) is 10.3. The number of benzene rings is 2. The summed E-state index contributed by atoms with van der Waals surface area (Å²) in [5.41, 5.74) is 2.94. The van der Waals surface area contributed by atoms with Gasteiger partial charge in [0.05, 0.1) is 10.4 Å². The maximum Gasteiger partial charge on any atom is 0.323 e. The summed E-state index contributed by atoms with van der Waals surface area (Å²) < 4.78 is 26.8. The quantitative estimate of drug-likeness (QED) is 0.674. The predicted molar refractivity (Wildman–Crippen MR) is 105 cm³/mol. The van der Waals surface area contributed by atoms with Gasteiger partial charge in [0.1, 0.15) is 6.54 Å². The highest BCUT2D eigenvalue weighted by Crippen LogP contribution is 2.43. The zero-order chi connectivity index (χ0) is 19.5. The average molecular weight is 422 g/mol. The van der Waals surface area contributed by atoms with Gasteiger partial charge in [-0.2, -0.15) is 0 Å². The number of hydrogen-bond donors (Lipinski definition) is 1. The van der Waals surface area contributed by atoms with E-state index in [0.717, 1.165) is 5.39 Å². The molecular formula is C19H13Cl2NO4S. The van der Waals surface area contributed by atoms with Crippen molar-refractivity contribution in [3.8, 4) is 0 Å². The first-order valence-electron chi connectivity index (χ1n) is 7.96. The fourth-order valence-electron chi connectivity index (χ4n) is 3.57. The second-order valence-electron chi connectivity index (χ2n) is 6.32. The highest BCUT2D eigenvalue weighted by atomic mass is 35.5. The molecule has 0 amide bonds. The van der Waals surface area contributed by atoms with E-state index in [2.05, 4.69) is 0 Å². The molecule has 0 atom stereocenters. The molecule has 2 heterocycles. The van der Waals surface area contributed by atoms with Crippen LogP contribution in [0.3, 0.4) is 0 Å². The van der Waals surface area contributed by atoms with Crippen LogP contribution in [0.1, 0.15) is 16.8 Å². The summed E-state index contributed by atoms with van der Waals surface area (Å²) in [5.74, 6) is -1.00. The Kier molecular flexibility index (Phi) is 4.10. The van der Waals surface area contributed by atoms with E-state index < -0.39 is 15.8 Å². The summed E-state index contributed by atoms with van der Waals surface area (Å²) in [5, 5.41) is 12.1. The van der Waals surface area contributed by atoms with Crippen LogP contribution in [0.25, 0.3) is 16.5 Å². The third-order valence-corrected chi connectivity index (χ3v) is 6.65. The van der Waals surface area contributed by atoms with Crippen LogP contribution in [0.15, 0.2) is 46.7 Å². The minimum Gasteiger partial charge on any atom is -0.480 e. The number of aromatic nitrogens is 1. The minimum absolute atomic E-state index is 0.189. The summed E-state index contributed by atoms with van der Waals surface area (Å²) in [6.45, 7) is 1.51. The van der Waals surface area contributed by atoms with Crippen molar-refractivity contribution in [2.24, 2.45) is 0 Å². The fourth-order valence-corrected chi connectivity index (χ4v) is 5.32. The van der Waals surface area contributed by atoms with Crippen molar-refractivity contribution < 1.29 is 18.3 Å². The van der Waals surface area contributed by atoms with E-state index in [4.69, 9.17) is 23.2 Å². The van der Waals surface area contributed by atoms with Crippen molar-refractivity contribution >= 4 is 55.5 Å². The van der Waals surface area contributed by atoms with Crippen LogP contribution in [-0.4, -0.2) is 24.1 Å². The molecule has 1 aliphatic rings. The molecule has 1 aromatic heterocycles. The molecule has 0 bridgehead atoms. The van der Waals surface area contributed by atoms with Gasteiger partial charge in [0.25, 0.3) is 0 Å². The van der Waals surface area contributed by atoms with Crippen molar-refractivity contribution in [2.75, 3.05) is 0 Å². The van der Waals surface area contributed by atoms with E-state index in [1.807, 2.05) is 0 Å². The maximum absolute atomic E-state index is 12.6. The summed E-state index contributed by atoms with van der Waals surface area (Å²) in [4.78, 5) is 11.5. The standard InChI is InChI=1S/C19H13Cl2NO4S/c1-10-19(13-4-2-12(21)7-16(13)22(10)8-18(23)24)15-9-27(25,26)17-5-3-11(20)6-14(15)17/h2-7,9H,8H2,1H3,(H,23,24). The zero-order valence-electron chi connectivity index (χ0n) is 14.0. The largest absolute Gasteiger partial charge is 0.480 e. The van der Waals surface area contributed by atoms with Gasteiger partial charge < -0.3 is 9.67 Å². The first-order chi connectivity index (χ1) is 12.7. The number of aliphatic carboxylic acids is 1. The third-order valence-electron chi connectivity index (χ3n) is 4.66. The second-order valence-corrected chi connectivity index (χ2v) is 8.96. The monoisotopic (exact) mass is 421 g/mol. The van der Waals surface area contributed by atoms with E-state index in [-0.39, 0.29) is 11.4 Å². The van der Waals surface area contributed by atoms with E-state index >= 15 is 0 Å². The molecule has 0 aliphatic carbocycles. The van der Waals surface area contributed by atoms with E-state index in [0.29, 0.717) is 38.0 Å². The molecule has 4 rings (SSSR count). The Balaban J connectivity index is 2.09. The molecule has 0 spiro atoms. The van der Waals surface area contributed by atoms with Crippen LogP contribution in [0.4, 0.5) is 0 Å². The number of fused-ring (bicyclic) bond motifs is 2. The second kappa shape index (κ2) is 6.12. The first kappa shape index (κ1) is 18.1. The van der Waals surface area contributed by atoms with Crippen LogP contribution >= 0.6 is 23.2 Å². The van der Waals surface area contributed by atoms with Crippen molar-refractivity contribution in [1.29, 1.82) is 0 Å². The summed E-state index contributed by atoms with van der Waals surface area (Å²) in [7, 11) is -3.60. The normalized spacial score (nSPS) is 15.0. The number of nitrogens with zero attached hydrogens (tertiary/aromatic N) is 1. The van der Waals surface area contributed by atoms with Crippen molar-refractivity contribution in [1.82, 2.24) is 4.57 Å². The zero-order valence-corrected chi connectivity index (χ0v) is 16.4. The molecule has 0 unspecified atom stereocenters. The SMILES string of the molecule is Cc1c(C2=CS(=O)(=O)c3ccc(Cl)cc32)c2ccc(Cl)cc2n1CC(=O)O. The Morgan fingerprint density at radius 2 is 1.78 bits per heavy atom. The highest BCUT2D eigenvalue weighted by molar-refractivity contribution is 7.95. The van der Waals surface area contributed by atoms with Crippen molar-refractivity contribution in [2.45, 2.75) is 18.4 Å². The molecule has 138 valence electrons. The molecule has 27 heavy (non-hydrogen) atoms. The molecule has 0 radical (unpaired) electrons. The van der Waals surface area contributed by atoms with Crippen molar-refractivity contribution in [3.63, 3.8) is 0 Å². The number of halogens is 2. The number of hydrogen-bond acceptors (Lipinski definition) is 3. The lowest BCUT2D eigenvalue weighted by atomic mass is 9.97. The molecule has 0 saturated carbocycles. The van der Waals surface area contributed by atoms with E-state index in [9.17, 15) is 18.3 Å². The van der Waals surface area contributed by atoms with Gasteiger partial charge in [-0.15, -0.1) is 0 Å². The number of carboxylic acid groups (broad SMARTS) is 1. The van der Waals surface area contributed by atoms with Crippen molar-refractivity contribution in [3.05, 3.63) is 68.7 Å². The van der Waals surface area contributed by atoms with Gasteiger partial charge in [0.2, 0.25) is 9.84 Å². The van der Waals surface area contributed by atoms with Crippen LogP contribution in [0, 0.1) is 6.92 Å². The van der Waals surface area contributed by atoms with Crippen LogP contribution in [0.2, 0.25) is 10.0 Å². The van der Waals surface area contributed by atoms with Gasteiger partial charge in [-0.1, -0.05) is 29.3 Å². The molecule has 2 aromatic carbocycles. The van der Waals surface area contributed by atoms with Gasteiger partial charge in [-0.25, -0.2) is 8.42 Å². The average Bonchev–Trinajstić information content (AvgIpc) is 2.98. The molecule has 3 aromatic rings. The van der Waals surface area contributed by atoms with Crippen LogP contribution < -0.4 is 0 Å². The van der Waals surface area contributed by atoms with Crippen LogP contribution in [0.5, 0.6) is 0 Å². The Hall–Kier alpha value is -2.28. The van der Waals surface area contributed by atoms with Crippen LogP contribution in [-0.2, 0) is 21.2 Å². The molecule has 1 aliphatic heterocycles. The number of sulfone groups is 1.